The molecular weight excluding hydrogens is 540 g/mol. The van der Waals surface area contributed by atoms with Crippen LogP contribution in [0, 0.1) is 0 Å². The van der Waals surface area contributed by atoms with Gasteiger partial charge in [-0.25, -0.2) is 18.8 Å². The number of alkyl halides is 7. The van der Waals surface area contributed by atoms with Gasteiger partial charge in [0.25, 0.3) is 13.1 Å². The van der Waals surface area contributed by atoms with Crippen LogP contribution in [-0.2, 0) is 23.8 Å². The first kappa shape index (κ1) is 25.5. The van der Waals surface area contributed by atoms with Crippen molar-refractivity contribution < 1.29 is 28.2 Å². The molecule has 2 heterocycles. The number of esters is 2. The number of rotatable bonds is 4. The Labute approximate surface area is 197 Å². The van der Waals surface area contributed by atoms with Crippen LogP contribution in [0.5, 0.6) is 0 Å². The fraction of sp³-hybridized carbons (Fsp3) is 0.571. The van der Waals surface area contributed by atoms with Gasteiger partial charge in [0, 0.05) is 12.3 Å². The van der Waals surface area contributed by atoms with Crippen molar-refractivity contribution in [3.8, 4) is 0 Å². The Balaban J connectivity index is 2.39. The molecule has 0 radical (unpaired) electrons. The zero-order valence-electron chi connectivity index (χ0n) is 14.5. The molecule has 30 heavy (non-hydrogen) atoms. The molecule has 1 fully saturated rings. The highest BCUT2D eigenvalue weighted by Gasteiger charge is 2.59. The monoisotopic (exact) mass is 548 g/mol. The second-order valence-electron chi connectivity index (χ2n) is 6.12. The van der Waals surface area contributed by atoms with E-state index in [0.29, 0.717) is 4.57 Å². The van der Waals surface area contributed by atoms with E-state index in [0.717, 1.165) is 19.2 Å². The van der Waals surface area contributed by atoms with Crippen molar-refractivity contribution in [1.29, 1.82) is 0 Å². The zero-order chi connectivity index (χ0) is 23.1. The number of nitrogens with zero attached hydrogens (tertiary/aromatic N) is 1. The summed E-state index contributed by atoms with van der Waals surface area (Å²) in [7, 11) is 0. The number of aromatic nitrogens is 2. The molecule has 1 aliphatic rings. The van der Waals surface area contributed by atoms with E-state index >= 15 is 4.39 Å². The van der Waals surface area contributed by atoms with Crippen LogP contribution in [0.15, 0.2) is 21.9 Å². The Kier molecular flexibility index (Phi) is 7.66. The van der Waals surface area contributed by atoms with E-state index in [1.54, 1.807) is 0 Å². The van der Waals surface area contributed by atoms with Gasteiger partial charge in [-0.3, -0.25) is 14.3 Å². The molecular formula is C14H11Cl6FN2O7. The highest BCUT2D eigenvalue weighted by molar-refractivity contribution is 6.76. The molecule has 4 atom stereocenters. The third kappa shape index (κ3) is 5.73. The van der Waals surface area contributed by atoms with E-state index in [1.807, 2.05) is 4.98 Å². The molecule has 16 heteroatoms. The van der Waals surface area contributed by atoms with Crippen LogP contribution in [0.1, 0.15) is 13.2 Å². The van der Waals surface area contributed by atoms with E-state index in [9.17, 15) is 19.2 Å². The van der Waals surface area contributed by atoms with Crippen molar-refractivity contribution in [2.24, 2.45) is 0 Å². The van der Waals surface area contributed by atoms with Crippen LogP contribution in [0.4, 0.5) is 4.39 Å². The maximum Gasteiger partial charge on any atom is 0.359 e. The van der Waals surface area contributed by atoms with Gasteiger partial charge in [0.05, 0.1) is 0 Å². The van der Waals surface area contributed by atoms with Gasteiger partial charge < -0.3 is 14.2 Å². The number of carbonyl (C=O) groups excluding carboxylic acids is 2. The van der Waals surface area contributed by atoms with E-state index in [4.69, 9.17) is 83.8 Å². The summed E-state index contributed by atoms with van der Waals surface area (Å²) in [4.78, 5) is 48.9. The number of H-pyrrole nitrogens is 1. The van der Waals surface area contributed by atoms with E-state index < -0.39 is 61.5 Å². The number of aromatic amines is 1. The maximum atomic E-state index is 15.7. The quantitative estimate of drug-likeness (QED) is 0.452. The van der Waals surface area contributed by atoms with Crippen LogP contribution >= 0.6 is 69.6 Å². The number of ether oxygens (including phenoxy) is 3. The summed E-state index contributed by atoms with van der Waals surface area (Å²) in [6, 6.07) is 0.930. The number of nitrogens with one attached hydrogen (secondary N) is 1. The minimum absolute atomic E-state index is 0.689. The van der Waals surface area contributed by atoms with Crippen molar-refractivity contribution in [1.82, 2.24) is 9.55 Å². The smallest absolute Gasteiger partial charge is 0.359 e. The van der Waals surface area contributed by atoms with Gasteiger partial charge in [0.15, 0.2) is 18.0 Å². The topological polar surface area (TPSA) is 117 Å². The van der Waals surface area contributed by atoms with E-state index in [1.165, 1.54) is 0 Å². The molecule has 0 aromatic carbocycles. The first-order chi connectivity index (χ1) is 13.5. The number of hydrogen-bond donors (Lipinski definition) is 1. The van der Waals surface area contributed by atoms with Crippen LogP contribution < -0.4 is 11.2 Å². The molecule has 2 rings (SSSR count). The molecule has 1 saturated heterocycles. The molecule has 0 amide bonds. The molecule has 168 valence electrons. The summed E-state index contributed by atoms with van der Waals surface area (Å²) in [5.41, 5.74) is -4.41. The second kappa shape index (κ2) is 9.01. The molecule has 0 saturated carbocycles. The molecule has 1 aromatic heterocycles. The average Bonchev–Trinajstić information content (AvgIpc) is 2.82. The van der Waals surface area contributed by atoms with Crippen LogP contribution in [0.25, 0.3) is 0 Å². The summed E-state index contributed by atoms with van der Waals surface area (Å²) >= 11 is 32.5. The lowest BCUT2D eigenvalue weighted by atomic mass is 9.98. The highest BCUT2D eigenvalue weighted by atomic mass is 35.6. The molecule has 0 spiro atoms. The Bertz CT molecular complexity index is 938. The average molecular weight is 551 g/mol. The lowest BCUT2D eigenvalue weighted by Gasteiger charge is -2.28. The van der Waals surface area contributed by atoms with Crippen LogP contribution in [0.3, 0.4) is 0 Å². The van der Waals surface area contributed by atoms with E-state index in [2.05, 4.69) is 0 Å². The fourth-order valence-corrected chi connectivity index (χ4v) is 2.86. The lowest BCUT2D eigenvalue weighted by Crippen LogP contribution is -2.47. The first-order valence-corrected chi connectivity index (χ1v) is 9.99. The van der Waals surface area contributed by atoms with Gasteiger partial charge in [-0.1, -0.05) is 69.6 Å². The maximum absolute atomic E-state index is 15.7. The number of carbonyl (C=O) groups is 2. The highest BCUT2D eigenvalue weighted by Crippen LogP contribution is 2.44. The van der Waals surface area contributed by atoms with Crippen molar-refractivity contribution in [2.75, 3.05) is 6.61 Å². The number of hydrogen-bond acceptors (Lipinski definition) is 7. The summed E-state index contributed by atoms with van der Waals surface area (Å²) < 4.78 is 26.4. The lowest BCUT2D eigenvalue weighted by molar-refractivity contribution is -0.160. The van der Waals surface area contributed by atoms with Gasteiger partial charge in [0.1, 0.15) is 12.7 Å². The standard InChI is InChI=1S/C14H11Cl6FN2O7/c1-12(21)7(30-10(26)14(18,19)20)5(4-28-9(25)13(15,16)17)29-8(12)23-3-2-6(24)22-11(23)27/h2-3,5,7-8H,4H2,1H3,(H,22,24,27)/t5-,7-,8-,12-/m1/s1. The predicted molar refractivity (Wildman–Crippen MR) is 106 cm³/mol. The van der Waals surface area contributed by atoms with Crippen molar-refractivity contribution >= 4 is 81.5 Å². The summed E-state index contributed by atoms with van der Waals surface area (Å²) in [5, 5.41) is 0. The van der Waals surface area contributed by atoms with Crippen LogP contribution in [-0.4, -0.2) is 53.6 Å². The van der Waals surface area contributed by atoms with Gasteiger partial charge >= 0.3 is 17.6 Å². The molecule has 0 unspecified atom stereocenters. The largest absolute Gasteiger partial charge is 0.460 e. The molecule has 1 aromatic rings. The third-order valence-electron chi connectivity index (χ3n) is 3.86. The summed E-state index contributed by atoms with van der Waals surface area (Å²) in [6.07, 6.45) is -4.15. The second-order valence-corrected chi connectivity index (χ2v) is 10.7. The van der Waals surface area contributed by atoms with Gasteiger partial charge in [-0.05, 0) is 6.92 Å². The predicted octanol–water partition coefficient (Wildman–Crippen LogP) is 2.36. The first-order valence-electron chi connectivity index (χ1n) is 7.72. The summed E-state index contributed by atoms with van der Waals surface area (Å²) in [5.74, 6) is -2.79. The van der Waals surface area contributed by atoms with Gasteiger partial charge in [-0.15, -0.1) is 0 Å². The van der Waals surface area contributed by atoms with Gasteiger partial charge in [-0.2, -0.15) is 0 Å². The SMILES string of the molecule is C[C@@]1(F)[C@H](OC(=O)C(Cl)(Cl)Cl)[C@@H](COC(=O)C(Cl)(Cl)Cl)O[C@H]1n1ccc(=O)[nH]c1=O. The molecule has 0 aliphatic carbocycles. The molecule has 1 aliphatic heterocycles. The fourth-order valence-electron chi connectivity index (χ4n) is 2.56. The van der Waals surface area contributed by atoms with Crippen molar-refractivity contribution in [3.63, 3.8) is 0 Å². The minimum atomic E-state index is -2.63. The van der Waals surface area contributed by atoms with Crippen molar-refractivity contribution in [2.45, 2.75) is 38.6 Å². The Morgan fingerprint density at radius 2 is 1.77 bits per heavy atom. The Morgan fingerprint density at radius 3 is 2.27 bits per heavy atom. The summed E-state index contributed by atoms with van der Waals surface area (Å²) in [6.45, 7) is 0.154. The normalized spacial score (nSPS) is 27.0. The van der Waals surface area contributed by atoms with Crippen molar-refractivity contribution in [3.05, 3.63) is 33.1 Å². The van der Waals surface area contributed by atoms with E-state index in [-0.39, 0.29) is 0 Å². The molecule has 1 N–H and O–H groups in total. The molecule has 0 bridgehead atoms. The zero-order valence-corrected chi connectivity index (χ0v) is 19.1. The molecule has 9 nitrogen and oxygen atoms in total. The Morgan fingerprint density at radius 1 is 1.20 bits per heavy atom. The Hall–Kier alpha value is -0.750. The number of halogens is 7. The minimum Gasteiger partial charge on any atom is -0.460 e. The van der Waals surface area contributed by atoms with Gasteiger partial charge in [0.2, 0.25) is 0 Å². The third-order valence-corrected chi connectivity index (χ3v) is 4.79. The van der Waals surface area contributed by atoms with Crippen LogP contribution in [0.2, 0.25) is 0 Å².